The summed E-state index contributed by atoms with van der Waals surface area (Å²) >= 11 is 0. The summed E-state index contributed by atoms with van der Waals surface area (Å²) in [6.07, 6.45) is 2.16. The first-order valence-electron chi connectivity index (χ1n) is 7.00. The lowest BCUT2D eigenvalue weighted by molar-refractivity contribution is -0.130. The topological polar surface area (TPSA) is 75.4 Å². The fourth-order valence-corrected chi connectivity index (χ4v) is 2.52. The molecule has 0 unspecified atom stereocenters. The fourth-order valence-electron chi connectivity index (χ4n) is 2.52. The van der Waals surface area contributed by atoms with Crippen molar-refractivity contribution >= 4 is 29.9 Å². The van der Waals surface area contributed by atoms with E-state index in [0.717, 1.165) is 18.5 Å². The minimum atomic E-state index is -0.250. The third-order valence-corrected chi connectivity index (χ3v) is 3.67. The second-order valence-electron chi connectivity index (χ2n) is 5.21. The molecule has 1 aliphatic heterocycles. The molecule has 0 bridgehead atoms. The van der Waals surface area contributed by atoms with Crippen LogP contribution in [-0.4, -0.2) is 36.3 Å². The second kappa shape index (κ2) is 8.52. The standard InChI is InChI=1S/C15H21N3O2.ClH/c16-14(19)10-12-6-8-18(9-7-12)15(20)11-17-13-4-2-1-3-5-13;/h1-5,12,17H,6-11H2,(H2,16,19);1H. The highest BCUT2D eigenvalue weighted by atomic mass is 35.5. The van der Waals surface area contributed by atoms with E-state index in [2.05, 4.69) is 5.32 Å². The maximum Gasteiger partial charge on any atom is 0.241 e. The van der Waals surface area contributed by atoms with Gasteiger partial charge in [0, 0.05) is 25.2 Å². The van der Waals surface area contributed by atoms with Crippen LogP contribution in [0, 0.1) is 5.92 Å². The highest BCUT2D eigenvalue weighted by Crippen LogP contribution is 2.20. The molecule has 1 heterocycles. The third kappa shape index (κ3) is 5.63. The molecule has 0 atom stereocenters. The highest BCUT2D eigenvalue weighted by Gasteiger charge is 2.23. The Bertz CT molecular complexity index is 459. The Kier molecular flexibility index (Phi) is 7.02. The van der Waals surface area contributed by atoms with E-state index in [1.54, 1.807) is 0 Å². The first-order valence-corrected chi connectivity index (χ1v) is 7.00. The van der Waals surface area contributed by atoms with Gasteiger partial charge in [-0.2, -0.15) is 0 Å². The molecule has 0 spiro atoms. The number of carbonyl (C=O) groups excluding carboxylic acids is 2. The molecule has 0 aliphatic carbocycles. The Morgan fingerprint density at radius 2 is 1.81 bits per heavy atom. The van der Waals surface area contributed by atoms with Gasteiger partial charge in [-0.05, 0) is 30.9 Å². The Morgan fingerprint density at radius 3 is 2.38 bits per heavy atom. The fraction of sp³-hybridized carbons (Fsp3) is 0.467. The van der Waals surface area contributed by atoms with Gasteiger partial charge in [-0.3, -0.25) is 9.59 Å². The molecule has 0 saturated carbocycles. The van der Waals surface area contributed by atoms with E-state index in [4.69, 9.17) is 5.73 Å². The smallest absolute Gasteiger partial charge is 0.241 e. The molecule has 6 heteroatoms. The van der Waals surface area contributed by atoms with Crippen LogP contribution in [0.4, 0.5) is 5.69 Å². The quantitative estimate of drug-likeness (QED) is 0.868. The lowest BCUT2D eigenvalue weighted by Gasteiger charge is -2.31. The summed E-state index contributed by atoms with van der Waals surface area (Å²) in [6.45, 7) is 1.74. The number of carbonyl (C=O) groups is 2. The van der Waals surface area contributed by atoms with Crippen LogP contribution in [0.5, 0.6) is 0 Å². The number of para-hydroxylation sites is 1. The average molecular weight is 312 g/mol. The van der Waals surface area contributed by atoms with Crippen molar-refractivity contribution in [1.29, 1.82) is 0 Å². The minimum Gasteiger partial charge on any atom is -0.376 e. The summed E-state index contributed by atoms with van der Waals surface area (Å²) in [7, 11) is 0. The molecule has 1 aromatic carbocycles. The van der Waals surface area contributed by atoms with Crippen LogP contribution in [0.3, 0.4) is 0 Å². The second-order valence-corrected chi connectivity index (χ2v) is 5.21. The van der Waals surface area contributed by atoms with Gasteiger partial charge in [0.1, 0.15) is 0 Å². The van der Waals surface area contributed by atoms with Crippen LogP contribution >= 0.6 is 12.4 Å². The third-order valence-electron chi connectivity index (χ3n) is 3.67. The molecule has 2 rings (SSSR count). The molecule has 5 nitrogen and oxygen atoms in total. The van der Waals surface area contributed by atoms with Crippen LogP contribution in [-0.2, 0) is 9.59 Å². The molecule has 2 amide bonds. The van der Waals surface area contributed by atoms with Crippen LogP contribution in [0.25, 0.3) is 0 Å². The summed E-state index contributed by atoms with van der Waals surface area (Å²) in [5.74, 6) is 0.186. The van der Waals surface area contributed by atoms with Gasteiger partial charge >= 0.3 is 0 Å². The Hall–Kier alpha value is -1.75. The summed E-state index contributed by atoms with van der Waals surface area (Å²) in [5.41, 5.74) is 6.15. The van der Waals surface area contributed by atoms with Crippen molar-refractivity contribution in [2.45, 2.75) is 19.3 Å². The van der Waals surface area contributed by atoms with E-state index in [0.29, 0.717) is 32.0 Å². The minimum absolute atomic E-state index is 0. The number of hydrogen-bond donors (Lipinski definition) is 2. The zero-order chi connectivity index (χ0) is 14.4. The van der Waals surface area contributed by atoms with Crippen LogP contribution < -0.4 is 11.1 Å². The molecule has 116 valence electrons. The molecule has 1 aliphatic rings. The highest BCUT2D eigenvalue weighted by molar-refractivity contribution is 5.85. The lowest BCUT2D eigenvalue weighted by Crippen LogP contribution is -2.41. The van der Waals surface area contributed by atoms with E-state index in [9.17, 15) is 9.59 Å². The molecule has 1 aromatic rings. The predicted molar refractivity (Wildman–Crippen MR) is 85.3 cm³/mol. The van der Waals surface area contributed by atoms with Crippen LogP contribution in [0.15, 0.2) is 30.3 Å². The van der Waals surface area contributed by atoms with Gasteiger partial charge in [-0.1, -0.05) is 18.2 Å². The lowest BCUT2D eigenvalue weighted by atomic mass is 9.93. The number of likely N-dealkylation sites (tertiary alicyclic amines) is 1. The number of nitrogens with two attached hydrogens (primary N) is 1. The number of anilines is 1. The number of halogens is 1. The van der Waals surface area contributed by atoms with Gasteiger partial charge in [0.25, 0.3) is 0 Å². The zero-order valence-electron chi connectivity index (χ0n) is 12.0. The van der Waals surface area contributed by atoms with E-state index >= 15 is 0 Å². The van der Waals surface area contributed by atoms with Crippen LogP contribution in [0.1, 0.15) is 19.3 Å². The molecular formula is C15H22ClN3O2. The van der Waals surface area contributed by atoms with E-state index < -0.39 is 0 Å². The maximum atomic E-state index is 12.1. The van der Waals surface area contributed by atoms with Gasteiger partial charge in [-0.25, -0.2) is 0 Å². The van der Waals surface area contributed by atoms with Crippen molar-refractivity contribution in [1.82, 2.24) is 4.90 Å². The maximum absolute atomic E-state index is 12.1. The number of nitrogens with one attached hydrogen (secondary N) is 1. The number of piperidine rings is 1. The van der Waals surface area contributed by atoms with Gasteiger partial charge in [0.2, 0.25) is 11.8 Å². The SMILES string of the molecule is Cl.NC(=O)CC1CCN(C(=O)CNc2ccccc2)CC1. The molecule has 1 fully saturated rings. The van der Waals surface area contributed by atoms with Crippen molar-refractivity contribution in [2.75, 3.05) is 25.0 Å². The first-order chi connectivity index (χ1) is 9.65. The Labute approximate surface area is 131 Å². The van der Waals surface area contributed by atoms with Crippen LogP contribution in [0.2, 0.25) is 0 Å². The Balaban J connectivity index is 0.00000220. The number of nitrogens with zero attached hydrogens (tertiary/aromatic N) is 1. The van der Waals surface area contributed by atoms with Crippen molar-refractivity contribution in [2.24, 2.45) is 11.7 Å². The van der Waals surface area contributed by atoms with Crippen molar-refractivity contribution in [3.05, 3.63) is 30.3 Å². The molecule has 3 N–H and O–H groups in total. The summed E-state index contributed by atoms with van der Waals surface area (Å²) < 4.78 is 0. The Morgan fingerprint density at radius 1 is 1.19 bits per heavy atom. The molecule has 0 aromatic heterocycles. The number of hydrogen-bond acceptors (Lipinski definition) is 3. The largest absolute Gasteiger partial charge is 0.376 e. The number of benzene rings is 1. The normalized spacial score (nSPS) is 15.1. The zero-order valence-corrected chi connectivity index (χ0v) is 12.8. The van der Waals surface area contributed by atoms with Gasteiger partial charge < -0.3 is 16.0 Å². The van der Waals surface area contributed by atoms with Crippen molar-refractivity contribution < 1.29 is 9.59 Å². The van der Waals surface area contributed by atoms with Crippen molar-refractivity contribution in [3.63, 3.8) is 0 Å². The van der Waals surface area contributed by atoms with Gasteiger partial charge in [-0.15, -0.1) is 12.4 Å². The monoisotopic (exact) mass is 311 g/mol. The predicted octanol–water partition coefficient (Wildman–Crippen LogP) is 1.63. The number of primary amides is 1. The first kappa shape index (κ1) is 17.3. The van der Waals surface area contributed by atoms with Crippen molar-refractivity contribution in [3.8, 4) is 0 Å². The average Bonchev–Trinajstić information content (AvgIpc) is 2.46. The number of amides is 2. The van der Waals surface area contributed by atoms with E-state index in [-0.39, 0.29) is 24.2 Å². The molecular weight excluding hydrogens is 290 g/mol. The molecule has 0 radical (unpaired) electrons. The van der Waals surface area contributed by atoms with Gasteiger partial charge in [0.15, 0.2) is 0 Å². The van der Waals surface area contributed by atoms with Gasteiger partial charge in [0.05, 0.1) is 6.54 Å². The van der Waals surface area contributed by atoms with E-state index in [1.165, 1.54) is 0 Å². The molecule has 21 heavy (non-hydrogen) atoms. The summed E-state index contributed by atoms with van der Waals surface area (Å²) in [5, 5.41) is 3.12. The molecule has 1 saturated heterocycles. The number of rotatable bonds is 5. The van der Waals surface area contributed by atoms with E-state index in [1.807, 2.05) is 35.2 Å². The summed E-state index contributed by atoms with van der Waals surface area (Å²) in [4.78, 5) is 24.8. The summed E-state index contributed by atoms with van der Waals surface area (Å²) in [6, 6.07) is 9.68.